The SMILES string of the molecule is Cc1cc(-c2cccc(Cl)c2)ccc1NC(=O)C1CNCCO1.Cl. The van der Waals surface area contributed by atoms with Gasteiger partial charge < -0.3 is 15.4 Å². The van der Waals surface area contributed by atoms with E-state index in [0.29, 0.717) is 18.2 Å². The molecule has 0 saturated carbocycles. The lowest BCUT2D eigenvalue weighted by Crippen LogP contribution is -2.45. The van der Waals surface area contributed by atoms with Crippen LogP contribution in [0.5, 0.6) is 0 Å². The molecule has 6 heteroatoms. The van der Waals surface area contributed by atoms with Gasteiger partial charge in [-0.1, -0.05) is 29.8 Å². The number of amides is 1. The summed E-state index contributed by atoms with van der Waals surface area (Å²) in [6.45, 7) is 3.87. The summed E-state index contributed by atoms with van der Waals surface area (Å²) in [5.74, 6) is -0.115. The minimum atomic E-state index is -0.434. The van der Waals surface area contributed by atoms with Gasteiger partial charge in [-0.2, -0.15) is 0 Å². The summed E-state index contributed by atoms with van der Waals surface area (Å²) >= 11 is 6.04. The maximum atomic E-state index is 12.2. The molecule has 1 aliphatic heterocycles. The van der Waals surface area contributed by atoms with Crippen LogP contribution >= 0.6 is 24.0 Å². The molecule has 2 aromatic rings. The van der Waals surface area contributed by atoms with Crippen molar-refractivity contribution < 1.29 is 9.53 Å². The first kappa shape index (κ1) is 18.7. The Bertz CT molecular complexity index is 716. The van der Waals surface area contributed by atoms with Crippen LogP contribution in [0, 0.1) is 6.92 Å². The average Bonchev–Trinajstić information content (AvgIpc) is 2.57. The second kappa shape index (κ2) is 8.49. The number of aryl methyl sites for hydroxylation is 1. The zero-order valence-corrected chi connectivity index (χ0v) is 14.9. The molecule has 1 heterocycles. The molecule has 0 aliphatic carbocycles. The van der Waals surface area contributed by atoms with Crippen LogP contribution < -0.4 is 10.6 Å². The van der Waals surface area contributed by atoms with E-state index in [9.17, 15) is 4.79 Å². The normalized spacial score (nSPS) is 17.0. The van der Waals surface area contributed by atoms with Crippen molar-refractivity contribution in [1.82, 2.24) is 5.32 Å². The van der Waals surface area contributed by atoms with Gasteiger partial charge in [0.2, 0.25) is 0 Å². The summed E-state index contributed by atoms with van der Waals surface area (Å²) < 4.78 is 5.47. The molecule has 1 unspecified atom stereocenters. The van der Waals surface area contributed by atoms with Crippen LogP contribution in [-0.4, -0.2) is 31.7 Å². The summed E-state index contributed by atoms with van der Waals surface area (Å²) in [6, 6.07) is 13.7. The molecule has 0 spiro atoms. The molecule has 1 amide bonds. The summed E-state index contributed by atoms with van der Waals surface area (Å²) in [6.07, 6.45) is -0.434. The van der Waals surface area contributed by atoms with Gasteiger partial charge in [0.1, 0.15) is 6.10 Å². The van der Waals surface area contributed by atoms with Gasteiger partial charge in [0.15, 0.2) is 0 Å². The molecule has 1 aliphatic rings. The zero-order chi connectivity index (χ0) is 16.2. The van der Waals surface area contributed by atoms with E-state index < -0.39 is 6.10 Å². The number of anilines is 1. The fourth-order valence-corrected chi connectivity index (χ4v) is 2.79. The lowest BCUT2D eigenvalue weighted by Gasteiger charge is -2.23. The van der Waals surface area contributed by atoms with Gasteiger partial charge in [-0.15, -0.1) is 12.4 Å². The van der Waals surface area contributed by atoms with Crippen molar-refractivity contribution in [3.8, 4) is 11.1 Å². The highest BCUT2D eigenvalue weighted by Gasteiger charge is 2.22. The third kappa shape index (κ3) is 4.48. The molecule has 0 aromatic heterocycles. The first-order valence-electron chi connectivity index (χ1n) is 7.63. The number of rotatable bonds is 3. The number of morpholine rings is 1. The molecule has 2 N–H and O–H groups in total. The predicted octanol–water partition coefficient (Wildman–Crippen LogP) is 3.66. The first-order chi connectivity index (χ1) is 11.1. The Balaban J connectivity index is 0.00000208. The number of ether oxygens (including phenoxy) is 1. The molecule has 3 rings (SSSR count). The van der Waals surface area contributed by atoms with Crippen molar-refractivity contribution in [3.05, 3.63) is 53.1 Å². The van der Waals surface area contributed by atoms with Crippen LogP contribution in [0.15, 0.2) is 42.5 Å². The predicted molar refractivity (Wildman–Crippen MR) is 100 cm³/mol. The lowest BCUT2D eigenvalue weighted by molar-refractivity contribution is -0.128. The molecule has 1 atom stereocenters. The van der Waals surface area contributed by atoms with Gasteiger partial charge in [0.05, 0.1) is 6.61 Å². The topological polar surface area (TPSA) is 50.4 Å². The molecule has 0 radical (unpaired) electrons. The average molecular weight is 367 g/mol. The minimum Gasteiger partial charge on any atom is -0.366 e. The quantitative estimate of drug-likeness (QED) is 0.871. The number of benzene rings is 2. The van der Waals surface area contributed by atoms with Crippen LogP contribution in [0.2, 0.25) is 5.02 Å². The molecule has 1 fully saturated rings. The first-order valence-corrected chi connectivity index (χ1v) is 8.01. The molecule has 0 bridgehead atoms. The number of carbonyl (C=O) groups excluding carboxylic acids is 1. The monoisotopic (exact) mass is 366 g/mol. The molecule has 24 heavy (non-hydrogen) atoms. The maximum absolute atomic E-state index is 12.2. The van der Waals surface area contributed by atoms with E-state index in [2.05, 4.69) is 10.6 Å². The van der Waals surface area contributed by atoms with Gasteiger partial charge in [-0.3, -0.25) is 4.79 Å². The van der Waals surface area contributed by atoms with E-state index in [1.54, 1.807) is 0 Å². The van der Waals surface area contributed by atoms with Crippen molar-refractivity contribution >= 4 is 35.6 Å². The van der Waals surface area contributed by atoms with Gasteiger partial charge in [0, 0.05) is 23.8 Å². The van der Waals surface area contributed by atoms with Crippen molar-refractivity contribution in [2.24, 2.45) is 0 Å². The number of nitrogens with one attached hydrogen (secondary N) is 2. The van der Waals surface area contributed by atoms with Crippen molar-refractivity contribution in [2.45, 2.75) is 13.0 Å². The Morgan fingerprint density at radius 2 is 2.04 bits per heavy atom. The number of halogens is 2. The molecule has 2 aromatic carbocycles. The largest absolute Gasteiger partial charge is 0.366 e. The van der Waals surface area contributed by atoms with Crippen LogP contribution in [-0.2, 0) is 9.53 Å². The van der Waals surface area contributed by atoms with E-state index in [0.717, 1.165) is 28.9 Å². The Labute approximate surface area is 153 Å². The van der Waals surface area contributed by atoms with E-state index in [-0.39, 0.29) is 18.3 Å². The van der Waals surface area contributed by atoms with Gasteiger partial charge in [-0.05, 0) is 47.9 Å². The fraction of sp³-hybridized carbons (Fsp3) is 0.278. The maximum Gasteiger partial charge on any atom is 0.254 e. The zero-order valence-electron chi connectivity index (χ0n) is 13.3. The Morgan fingerprint density at radius 1 is 1.25 bits per heavy atom. The summed E-state index contributed by atoms with van der Waals surface area (Å²) in [5.41, 5.74) is 3.92. The third-order valence-corrected chi connectivity index (χ3v) is 4.10. The second-order valence-corrected chi connectivity index (χ2v) is 6.03. The van der Waals surface area contributed by atoms with Crippen LogP contribution in [0.4, 0.5) is 5.69 Å². The van der Waals surface area contributed by atoms with Crippen molar-refractivity contribution in [1.29, 1.82) is 0 Å². The van der Waals surface area contributed by atoms with Gasteiger partial charge in [-0.25, -0.2) is 0 Å². The van der Waals surface area contributed by atoms with E-state index in [1.807, 2.05) is 49.4 Å². The summed E-state index contributed by atoms with van der Waals surface area (Å²) in [4.78, 5) is 12.2. The number of carbonyl (C=O) groups is 1. The van der Waals surface area contributed by atoms with E-state index in [4.69, 9.17) is 16.3 Å². The highest BCUT2D eigenvalue weighted by Crippen LogP contribution is 2.26. The highest BCUT2D eigenvalue weighted by molar-refractivity contribution is 6.30. The lowest BCUT2D eigenvalue weighted by atomic mass is 10.0. The second-order valence-electron chi connectivity index (χ2n) is 5.59. The molecule has 128 valence electrons. The minimum absolute atomic E-state index is 0. The molecule has 1 saturated heterocycles. The van der Waals surface area contributed by atoms with Crippen LogP contribution in [0.1, 0.15) is 5.56 Å². The number of hydrogen-bond donors (Lipinski definition) is 2. The summed E-state index contributed by atoms with van der Waals surface area (Å²) in [5, 5.41) is 6.80. The van der Waals surface area contributed by atoms with Crippen molar-refractivity contribution in [3.63, 3.8) is 0 Å². The van der Waals surface area contributed by atoms with Gasteiger partial charge in [0.25, 0.3) is 5.91 Å². The smallest absolute Gasteiger partial charge is 0.254 e. The Kier molecular flexibility index (Phi) is 6.63. The van der Waals surface area contributed by atoms with Crippen LogP contribution in [0.25, 0.3) is 11.1 Å². The highest BCUT2D eigenvalue weighted by atomic mass is 35.5. The molecule has 4 nitrogen and oxygen atoms in total. The van der Waals surface area contributed by atoms with E-state index >= 15 is 0 Å². The number of hydrogen-bond acceptors (Lipinski definition) is 3. The van der Waals surface area contributed by atoms with E-state index in [1.165, 1.54) is 0 Å². The third-order valence-electron chi connectivity index (χ3n) is 3.86. The van der Waals surface area contributed by atoms with Gasteiger partial charge >= 0.3 is 0 Å². The fourth-order valence-electron chi connectivity index (χ4n) is 2.60. The van der Waals surface area contributed by atoms with Crippen molar-refractivity contribution in [2.75, 3.05) is 25.0 Å². The van der Waals surface area contributed by atoms with Crippen LogP contribution in [0.3, 0.4) is 0 Å². The molecular weight excluding hydrogens is 347 g/mol. The standard InChI is InChI=1S/C18H19ClN2O2.ClH/c1-12-9-14(13-3-2-4-15(19)10-13)5-6-16(12)21-18(22)17-11-20-7-8-23-17;/h2-6,9-10,17,20H,7-8,11H2,1H3,(H,21,22);1H. The molecular formula is C18H20Cl2N2O2. The Hall–Kier alpha value is -1.59. The summed E-state index contributed by atoms with van der Waals surface area (Å²) in [7, 11) is 0. The Morgan fingerprint density at radius 3 is 2.71 bits per heavy atom.